The van der Waals surface area contributed by atoms with Crippen LogP contribution in [0.25, 0.3) is 0 Å². The summed E-state index contributed by atoms with van der Waals surface area (Å²) in [6.45, 7) is 2.71. The van der Waals surface area contributed by atoms with Crippen LogP contribution in [0.1, 0.15) is 32.1 Å². The number of amides is 1. The third-order valence-corrected chi connectivity index (χ3v) is 4.22. The molecule has 3 aliphatic rings. The summed E-state index contributed by atoms with van der Waals surface area (Å²) in [5.41, 5.74) is 0. The minimum absolute atomic E-state index is 0.171. The van der Waals surface area contributed by atoms with E-state index in [1.54, 1.807) is 0 Å². The molecule has 2 unspecified atom stereocenters. The van der Waals surface area contributed by atoms with Crippen molar-refractivity contribution in [1.82, 2.24) is 10.6 Å². The highest BCUT2D eigenvalue weighted by Gasteiger charge is 2.41. The van der Waals surface area contributed by atoms with Crippen molar-refractivity contribution in [3.8, 4) is 0 Å². The van der Waals surface area contributed by atoms with E-state index < -0.39 is 0 Å². The Morgan fingerprint density at radius 2 is 2.12 bits per heavy atom. The number of rotatable bonds is 3. The van der Waals surface area contributed by atoms with Crippen LogP contribution in [0.5, 0.6) is 0 Å². The Morgan fingerprint density at radius 1 is 1.24 bits per heavy atom. The highest BCUT2D eigenvalue weighted by molar-refractivity contribution is 5.79. The number of ether oxygens (including phenoxy) is 1. The van der Waals surface area contributed by atoms with Crippen LogP contribution in [-0.4, -0.2) is 37.7 Å². The van der Waals surface area contributed by atoms with Crippen LogP contribution in [0.15, 0.2) is 0 Å². The fourth-order valence-corrected chi connectivity index (χ4v) is 3.03. The van der Waals surface area contributed by atoms with Crippen LogP contribution < -0.4 is 10.6 Å². The quantitative estimate of drug-likeness (QED) is 0.760. The Kier molecular flexibility index (Phi) is 3.34. The molecular weight excluding hydrogens is 216 g/mol. The summed E-state index contributed by atoms with van der Waals surface area (Å²) in [5, 5.41) is 6.51. The molecule has 0 aromatic heterocycles. The molecule has 1 saturated carbocycles. The number of carbonyl (C=O) groups excluding carboxylic acids is 1. The molecule has 96 valence electrons. The van der Waals surface area contributed by atoms with Crippen LogP contribution in [-0.2, 0) is 9.53 Å². The largest absolute Gasteiger partial charge is 0.376 e. The van der Waals surface area contributed by atoms with Crippen LogP contribution in [0, 0.1) is 11.8 Å². The Labute approximate surface area is 102 Å². The van der Waals surface area contributed by atoms with Gasteiger partial charge in [0.25, 0.3) is 0 Å². The zero-order chi connectivity index (χ0) is 11.7. The Morgan fingerprint density at radius 3 is 2.82 bits per heavy atom. The summed E-state index contributed by atoms with van der Waals surface area (Å²) in [6, 6.07) is 0.275. The number of carbonyl (C=O) groups is 1. The molecule has 2 heterocycles. The van der Waals surface area contributed by atoms with Crippen molar-refractivity contribution in [2.24, 2.45) is 11.8 Å². The van der Waals surface area contributed by atoms with Crippen molar-refractivity contribution < 1.29 is 9.53 Å². The van der Waals surface area contributed by atoms with Gasteiger partial charge in [0.2, 0.25) is 5.91 Å². The molecule has 3 atom stereocenters. The van der Waals surface area contributed by atoms with E-state index in [1.165, 1.54) is 12.8 Å². The van der Waals surface area contributed by atoms with Crippen LogP contribution in [0.3, 0.4) is 0 Å². The summed E-state index contributed by atoms with van der Waals surface area (Å²) >= 11 is 0. The van der Waals surface area contributed by atoms with Gasteiger partial charge in [-0.1, -0.05) is 0 Å². The van der Waals surface area contributed by atoms with Crippen molar-refractivity contribution in [3.05, 3.63) is 0 Å². The average molecular weight is 238 g/mol. The molecule has 2 N–H and O–H groups in total. The first-order valence-corrected chi connectivity index (χ1v) is 6.97. The second-order valence-electron chi connectivity index (χ2n) is 5.62. The van der Waals surface area contributed by atoms with Gasteiger partial charge in [0.1, 0.15) is 0 Å². The fraction of sp³-hybridized carbons (Fsp3) is 0.923. The van der Waals surface area contributed by atoms with E-state index in [1.807, 2.05) is 0 Å². The van der Waals surface area contributed by atoms with Crippen LogP contribution >= 0.6 is 0 Å². The molecular formula is C13H22N2O2. The Balaban J connectivity index is 1.52. The van der Waals surface area contributed by atoms with Crippen molar-refractivity contribution in [1.29, 1.82) is 0 Å². The maximum Gasteiger partial charge on any atom is 0.224 e. The number of piperidine rings is 1. The first-order chi connectivity index (χ1) is 8.34. The van der Waals surface area contributed by atoms with Crippen molar-refractivity contribution in [2.45, 2.75) is 44.2 Å². The first kappa shape index (κ1) is 11.5. The first-order valence-electron chi connectivity index (χ1n) is 6.97. The summed E-state index contributed by atoms with van der Waals surface area (Å²) in [7, 11) is 0. The summed E-state index contributed by atoms with van der Waals surface area (Å²) < 4.78 is 5.75. The van der Waals surface area contributed by atoms with Gasteiger partial charge < -0.3 is 15.4 Å². The van der Waals surface area contributed by atoms with Gasteiger partial charge in [0.05, 0.1) is 18.1 Å². The average Bonchev–Trinajstić information content (AvgIpc) is 3.11. The third kappa shape index (κ3) is 2.63. The molecule has 0 aromatic rings. The van der Waals surface area contributed by atoms with E-state index in [2.05, 4.69) is 10.6 Å². The molecule has 1 amide bonds. The number of hydrogen-bond donors (Lipinski definition) is 2. The Hall–Kier alpha value is -0.610. The van der Waals surface area contributed by atoms with Crippen LogP contribution in [0.4, 0.5) is 0 Å². The smallest absolute Gasteiger partial charge is 0.224 e. The standard InChI is InChI=1S/C13H22N2O2/c16-13(10-2-1-6-14-8-10)15-11-5-7-17-12(11)9-3-4-9/h9-12,14H,1-8H2,(H,15,16)/t10-,11?,12?/m1/s1. The molecule has 0 spiro atoms. The molecule has 0 radical (unpaired) electrons. The van der Waals surface area contributed by atoms with E-state index >= 15 is 0 Å². The summed E-state index contributed by atoms with van der Waals surface area (Å²) in [4.78, 5) is 12.1. The van der Waals surface area contributed by atoms with Gasteiger partial charge in [0.15, 0.2) is 0 Å². The summed E-state index contributed by atoms with van der Waals surface area (Å²) in [6.07, 6.45) is 6.00. The van der Waals surface area contributed by atoms with E-state index in [-0.39, 0.29) is 17.9 Å². The van der Waals surface area contributed by atoms with Crippen molar-refractivity contribution in [2.75, 3.05) is 19.7 Å². The maximum absolute atomic E-state index is 12.1. The predicted molar refractivity (Wildman–Crippen MR) is 64.6 cm³/mol. The van der Waals surface area contributed by atoms with E-state index in [9.17, 15) is 4.79 Å². The van der Waals surface area contributed by atoms with Crippen molar-refractivity contribution in [3.63, 3.8) is 0 Å². The monoisotopic (exact) mass is 238 g/mol. The van der Waals surface area contributed by atoms with E-state index in [4.69, 9.17) is 4.74 Å². The van der Waals surface area contributed by atoms with Gasteiger partial charge in [-0.25, -0.2) is 0 Å². The molecule has 0 bridgehead atoms. The van der Waals surface area contributed by atoms with Gasteiger partial charge in [-0.3, -0.25) is 4.79 Å². The topological polar surface area (TPSA) is 50.4 Å². The molecule has 1 aliphatic carbocycles. The highest BCUT2D eigenvalue weighted by Crippen LogP contribution is 2.38. The van der Waals surface area contributed by atoms with Gasteiger partial charge in [-0.05, 0) is 44.6 Å². The molecule has 2 saturated heterocycles. The predicted octanol–water partition coefficient (Wildman–Crippen LogP) is 0.670. The minimum atomic E-state index is 0.171. The lowest BCUT2D eigenvalue weighted by Crippen LogP contribution is -2.47. The lowest BCUT2D eigenvalue weighted by molar-refractivity contribution is -0.126. The normalized spacial score (nSPS) is 38.0. The zero-order valence-corrected chi connectivity index (χ0v) is 10.3. The highest BCUT2D eigenvalue weighted by atomic mass is 16.5. The van der Waals surface area contributed by atoms with Gasteiger partial charge >= 0.3 is 0 Å². The van der Waals surface area contributed by atoms with Gasteiger partial charge in [-0.2, -0.15) is 0 Å². The SMILES string of the molecule is O=C(NC1CCOC1C1CC1)[C@@H]1CCCNC1. The molecule has 4 nitrogen and oxygen atoms in total. The number of hydrogen-bond acceptors (Lipinski definition) is 3. The third-order valence-electron chi connectivity index (χ3n) is 4.22. The van der Waals surface area contributed by atoms with E-state index in [0.29, 0.717) is 12.0 Å². The van der Waals surface area contributed by atoms with E-state index in [0.717, 1.165) is 39.0 Å². The maximum atomic E-state index is 12.1. The fourth-order valence-electron chi connectivity index (χ4n) is 3.03. The van der Waals surface area contributed by atoms with Gasteiger partial charge in [0, 0.05) is 13.2 Å². The molecule has 3 rings (SSSR count). The van der Waals surface area contributed by atoms with Crippen LogP contribution in [0.2, 0.25) is 0 Å². The summed E-state index contributed by atoms with van der Waals surface area (Å²) in [5.74, 6) is 1.12. The van der Waals surface area contributed by atoms with Gasteiger partial charge in [-0.15, -0.1) is 0 Å². The molecule has 2 aliphatic heterocycles. The molecule has 0 aromatic carbocycles. The molecule has 17 heavy (non-hydrogen) atoms. The molecule has 3 fully saturated rings. The Bertz CT molecular complexity index is 285. The number of nitrogens with one attached hydrogen (secondary N) is 2. The zero-order valence-electron chi connectivity index (χ0n) is 10.3. The van der Waals surface area contributed by atoms with Crippen molar-refractivity contribution >= 4 is 5.91 Å². The molecule has 4 heteroatoms. The minimum Gasteiger partial charge on any atom is -0.376 e. The lowest BCUT2D eigenvalue weighted by atomic mass is 9.97. The second kappa shape index (κ2) is 4.94. The second-order valence-corrected chi connectivity index (χ2v) is 5.62. The lowest BCUT2D eigenvalue weighted by Gasteiger charge is -2.25.